The fourth-order valence-electron chi connectivity index (χ4n) is 4.68. The van der Waals surface area contributed by atoms with Crippen molar-refractivity contribution in [2.45, 2.75) is 51.9 Å². The molecule has 4 rings (SSSR count). The van der Waals surface area contributed by atoms with Crippen LogP contribution in [0.1, 0.15) is 60.7 Å². The van der Waals surface area contributed by atoms with Crippen molar-refractivity contribution in [1.29, 1.82) is 0 Å². The third-order valence-corrected chi connectivity index (χ3v) is 8.85. The quantitative estimate of drug-likeness (QED) is 0.364. The van der Waals surface area contributed by atoms with E-state index in [2.05, 4.69) is 5.32 Å². The number of nitrogens with zero attached hydrogens (tertiary/aromatic N) is 2. The first kappa shape index (κ1) is 26.4. The van der Waals surface area contributed by atoms with Crippen LogP contribution in [0.2, 0.25) is 0 Å². The third-order valence-electron chi connectivity index (χ3n) is 6.34. The second-order valence-electron chi connectivity index (χ2n) is 8.76. The van der Waals surface area contributed by atoms with Crippen molar-refractivity contribution in [1.82, 2.24) is 9.96 Å². The van der Waals surface area contributed by atoms with E-state index in [-0.39, 0.29) is 31.4 Å². The van der Waals surface area contributed by atoms with E-state index in [1.807, 2.05) is 6.92 Å². The summed E-state index contributed by atoms with van der Waals surface area (Å²) < 4.78 is 24.1. The lowest BCUT2D eigenvalue weighted by Gasteiger charge is -2.27. The van der Waals surface area contributed by atoms with Gasteiger partial charge < -0.3 is 14.4 Å². The Morgan fingerprint density at radius 1 is 1.11 bits per heavy atom. The van der Waals surface area contributed by atoms with Crippen molar-refractivity contribution in [2.24, 2.45) is 0 Å². The summed E-state index contributed by atoms with van der Waals surface area (Å²) in [7, 11) is -1.93. The molecule has 1 saturated heterocycles. The minimum absolute atomic E-state index is 0.114. The number of benzene rings is 2. The summed E-state index contributed by atoms with van der Waals surface area (Å²) >= 11 is 0. The highest BCUT2D eigenvalue weighted by atomic mass is 31.2. The Hall–Kier alpha value is -2.62. The summed E-state index contributed by atoms with van der Waals surface area (Å²) in [5.74, 6) is -1.86. The van der Waals surface area contributed by atoms with Gasteiger partial charge in [0.15, 0.2) is 6.10 Å². The van der Waals surface area contributed by atoms with E-state index in [0.29, 0.717) is 40.6 Å². The Bertz CT molecular complexity index is 1220. The molecule has 2 aromatic carbocycles. The van der Waals surface area contributed by atoms with Crippen molar-refractivity contribution >= 4 is 41.8 Å². The summed E-state index contributed by atoms with van der Waals surface area (Å²) in [4.78, 5) is 46.3. The van der Waals surface area contributed by atoms with Crippen LogP contribution in [0.3, 0.4) is 0 Å². The van der Waals surface area contributed by atoms with Crippen LogP contribution in [0.15, 0.2) is 30.3 Å². The van der Waals surface area contributed by atoms with Gasteiger partial charge in [-0.3, -0.25) is 28.7 Å². The van der Waals surface area contributed by atoms with E-state index in [0.717, 1.165) is 6.42 Å². The molecule has 194 valence electrons. The molecule has 0 aliphatic carbocycles. The highest BCUT2D eigenvalue weighted by molar-refractivity contribution is 7.54. The van der Waals surface area contributed by atoms with Crippen LogP contribution in [0.5, 0.6) is 0 Å². The molecule has 0 unspecified atom stereocenters. The first-order chi connectivity index (χ1) is 17.2. The molecule has 2 atom stereocenters. The number of carbonyl (C=O) groups excluding carboxylic acids is 3. The summed E-state index contributed by atoms with van der Waals surface area (Å²) in [6.45, 7) is 6.18. The van der Waals surface area contributed by atoms with Gasteiger partial charge in [0, 0.05) is 36.7 Å². The first-order valence-electron chi connectivity index (χ1n) is 12.3. The number of anilines is 1. The Morgan fingerprint density at radius 2 is 1.81 bits per heavy atom. The Kier molecular flexibility index (Phi) is 7.92. The monoisotopic (exact) mass is 517 g/mol. The van der Waals surface area contributed by atoms with Gasteiger partial charge in [0.05, 0.1) is 18.8 Å². The lowest BCUT2D eigenvalue weighted by Crippen LogP contribution is -2.41. The van der Waals surface area contributed by atoms with Crippen LogP contribution in [-0.4, -0.2) is 66.4 Å². The van der Waals surface area contributed by atoms with E-state index in [1.54, 1.807) is 51.2 Å². The minimum atomic E-state index is -3.52. The van der Waals surface area contributed by atoms with Gasteiger partial charge in [0.1, 0.15) is 5.78 Å². The third kappa shape index (κ3) is 4.84. The smallest absolute Gasteiger partial charge is 0.324 e. The first-order valence-corrected chi connectivity index (χ1v) is 13.9. The van der Waals surface area contributed by atoms with Crippen molar-refractivity contribution in [3.05, 3.63) is 41.5 Å². The van der Waals surface area contributed by atoms with E-state index in [4.69, 9.17) is 13.9 Å². The maximum atomic E-state index is 13.2. The van der Waals surface area contributed by atoms with Gasteiger partial charge in [-0.05, 0) is 43.9 Å². The van der Waals surface area contributed by atoms with Crippen LogP contribution >= 0.6 is 7.60 Å². The van der Waals surface area contributed by atoms with Gasteiger partial charge in [-0.25, -0.2) is 0 Å². The predicted octanol–water partition coefficient (Wildman–Crippen LogP) is 4.40. The molecule has 11 heteroatoms. The number of unbranched alkanes of at least 4 members (excludes halogenated alkanes) is 1. The number of nitrogens with one attached hydrogen (secondary N) is 1. The summed E-state index contributed by atoms with van der Waals surface area (Å²) in [5.41, 5.74) is 1.25. The molecule has 1 fully saturated rings. The molecule has 36 heavy (non-hydrogen) atoms. The largest absolute Gasteiger partial charge is 0.350 e. The zero-order valence-electron chi connectivity index (χ0n) is 21.0. The van der Waals surface area contributed by atoms with Gasteiger partial charge in [0.2, 0.25) is 0 Å². The molecule has 10 nitrogen and oxygen atoms in total. The normalized spacial score (nSPS) is 20.4. The zero-order chi connectivity index (χ0) is 26.0. The molecular formula is C25H32N3O7P. The van der Waals surface area contributed by atoms with Crippen LogP contribution in [0.25, 0.3) is 10.8 Å². The van der Waals surface area contributed by atoms with Gasteiger partial charge >= 0.3 is 7.60 Å². The van der Waals surface area contributed by atoms with Gasteiger partial charge in [-0.15, -0.1) is 0 Å². The van der Waals surface area contributed by atoms with Crippen molar-refractivity contribution in [3.8, 4) is 0 Å². The molecule has 2 aromatic rings. The number of hydrogen-bond donors (Lipinski definition) is 1. The number of amides is 3. The molecular weight excluding hydrogens is 485 g/mol. The molecule has 1 N–H and O–H groups in total. The van der Waals surface area contributed by atoms with E-state index in [1.165, 1.54) is 9.96 Å². The molecule has 0 bridgehead atoms. The number of carbonyl (C=O) groups is 3. The lowest BCUT2D eigenvalue weighted by atomic mass is 9.93. The van der Waals surface area contributed by atoms with Gasteiger partial charge in [-0.1, -0.05) is 25.5 Å². The second-order valence-corrected chi connectivity index (χ2v) is 11.0. The summed E-state index contributed by atoms with van der Waals surface area (Å²) in [6.07, 6.45) is 0.745. The molecule has 2 heterocycles. The standard InChI is InChI=1S/C25H32N3O7P/c1-5-8-12-28-24(30)18-11-9-10-16-13-17(14-19(22(16)18)25(28)31)26-23(29)20-15-21(27(4)35-20)36(32,33-6-2)34-7-3/h9-11,13-14,20-21H,5-8,12,15H2,1-4H3,(H,26,29)/t20-,21+/m0/s1. The predicted molar refractivity (Wildman–Crippen MR) is 135 cm³/mol. The number of imide groups is 1. The molecule has 0 saturated carbocycles. The minimum Gasteiger partial charge on any atom is -0.324 e. The maximum absolute atomic E-state index is 13.2. The van der Waals surface area contributed by atoms with Crippen molar-refractivity contribution < 1.29 is 32.8 Å². The van der Waals surface area contributed by atoms with Crippen LogP contribution < -0.4 is 5.32 Å². The highest BCUT2D eigenvalue weighted by Gasteiger charge is 2.48. The molecule has 0 aromatic heterocycles. The fourth-order valence-corrected chi connectivity index (χ4v) is 6.72. The molecule has 0 radical (unpaired) electrons. The number of rotatable bonds is 10. The molecule has 2 aliphatic rings. The molecule has 2 aliphatic heterocycles. The highest BCUT2D eigenvalue weighted by Crippen LogP contribution is 2.57. The van der Waals surface area contributed by atoms with Crippen LogP contribution in [0.4, 0.5) is 5.69 Å². The lowest BCUT2D eigenvalue weighted by molar-refractivity contribution is -0.155. The second kappa shape index (κ2) is 10.8. The van der Waals surface area contributed by atoms with Gasteiger partial charge in [0.25, 0.3) is 17.7 Å². The summed E-state index contributed by atoms with van der Waals surface area (Å²) in [6, 6.07) is 8.60. The molecule has 0 spiro atoms. The van der Waals surface area contributed by atoms with Crippen LogP contribution in [-0.2, 0) is 23.2 Å². The Balaban J connectivity index is 1.59. The van der Waals surface area contributed by atoms with Crippen molar-refractivity contribution in [2.75, 3.05) is 32.1 Å². The summed E-state index contributed by atoms with van der Waals surface area (Å²) in [5, 5.41) is 5.44. The average molecular weight is 518 g/mol. The fraction of sp³-hybridized carbons (Fsp3) is 0.480. The van der Waals surface area contributed by atoms with E-state index in [9.17, 15) is 18.9 Å². The van der Waals surface area contributed by atoms with Crippen LogP contribution in [0, 0.1) is 0 Å². The SMILES string of the molecule is CCCCN1C(=O)c2cccc3cc(NC(=O)[C@@H]4C[C@@H](P(=O)(OCC)OCC)N(C)O4)cc(c23)C1=O. The van der Waals surface area contributed by atoms with Crippen molar-refractivity contribution in [3.63, 3.8) is 0 Å². The van der Waals surface area contributed by atoms with Gasteiger partial charge in [-0.2, -0.15) is 5.06 Å². The topological polar surface area (TPSA) is 114 Å². The molecule has 3 amide bonds. The number of hydrogen-bond acceptors (Lipinski definition) is 8. The number of hydroxylamine groups is 2. The zero-order valence-corrected chi connectivity index (χ0v) is 21.9. The van der Waals surface area contributed by atoms with E-state index < -0.39 is 25.4 Å². The average Bonchev–Trinajstić information content (AvgIpc) is 3.25. The Morgan fingerprint density at radius 3 is 2.47 bits per heavy atom. The Labute approximate surface area is 210 Å². The van der Waals surface area contributed by atoms with E-state index >= 15 is 0 Å². The maximum Gasteiger partial charge on any atom is 0.350 e.